The Morgan fingerprint density at radius 2 is 2.46 bits per heavy atom. The molecule has 5 heteroatoms. The highest BCUT2D eigenvalue weighted by Gasteiger charge is 1.97. The van der Waals surface area contributed by atoms with Crippen molar-refractivity contribution < 1.29 is 4.79 Å². The number of aromatic nitrogens is 2. The summed E-state index contributed by atoms with van der Waals surface area (Å²) in [5.41, 5.74) is 5.16. The number of hydrazine groups is 1. The summed E-state index contributed by atoms with van der Waals surface area (Å²) in [6.07, 6.45) is 2.90. The molecule has 1 rings (SSSR count). The van der Waals surface area contributed by atoms with E-state index in [1.807, 2.05) is 6.92 Å². The molecule has 2 N–H and O–H groups in total. The van der Waals surface area contributed by atoms with Crippen LogP contribution in [0.4, 0.5) is 5.82 Å². The number of amides is 1. The lowest BCUT2D eigenvalue weighted by Crippen LogP contribution is -2.29. The van der Waals surface area contributed by atoms with E-state index in [9.17, 15) is 4.79 Å². The molecule has 0 saturated heterocycles. The average molecular weight is 180 g/mol. The summed E-state index contributed by atoms with van der Waals surface area (Å²) >= 11 is 0. The Kier molecular flexibility index (Phi) is 3.69. The Balaban J connectivity index is 2.31. The number of anilines is 1. The van der Waals surface area contributed by atoms with Gasteiger partial charge in [0.25, 0.3) is 0 Å². The van der Waals surface area contributed by atoms with Crippen LogP contribution in [0.3, 0.4) is 0 Å². The number of carbonyl (C=O) groups excluding carboxylic acids is 1. The summed E-state index contributed by atoms with van der Waals surface area (Å²) in [7, 11) is 0. The van der Waals surface area contributed by atoms with Crippen LogP contribution in [-0.4, -0.2) is 16.1 Å². The zero-order valence-electron chi connectivity index (χ0n) is 7.45. The minimum absolute atomic E-state index is 0.0480. The van der Waals surface area contributed by atoms with Crippen molar-refractivity contribution in [2.24, 2.45) is 0 Å². The molecule has 0 saturated carbocycles. The second kappa shape index (κ2) is 5.08. The fourth-order valence-corrected chi connectivity index (χ4v) is 0.792. The number of hydrogen-bond acceptors (Lipinski definition) is 4. The van der Waals surface area contributed by atoms with Gasteiger partial charge in [-0.15, -0.1) is 5.10 Å². The van der Waals surface area contributed by atoms with E-state index < -0.39 is 0 Å². The molecule has 1 heterocycles. The van der Waals surface area contributed by atoms with Gasteiger partial charge in [0, 0.05) is 12.6 Å². The predicted molar refractivity (Wildman–Crippen MR) is 48.7 cm³/mol. The molecule has 0 aliphatic carbocycles. The Hall–Kier alpha value is -1.65. The van der Waals surface area contributed by atoms with E-state index in [0.717, 1.165) is 6.42 Å². The maximum absolute atomic E-state index is 11.0. The third kappa shape index (κ3) is 3.50. The van der Waals surface area contributed by atoms with Gasteiger partial charge in [-0.3, -0.25) is 15.6 Å². The quantitative estimate of drug-likeness (QED) is 0.670. The number of rotatable bonds is 4. The molecule has 0 aliphatic rings. The maximum atomic E-state index is 11.0. The first-order chi connectivity index (χ1) is 6.33. The molecule has 0 aliphatic heterocycles. The second-order valence-electron chi connectivity index (χ2n) is 2.53. The van der Waals surface area contributed by atoms with Crippen LogP contribution in [0.25, 0.3) is 0 Å². The van der Waals surface area contributed by atoms with Crippen molar-refractivity contribution >= 4 is 11.7 Å². The summed E-state index contributed by atoms with van der Waals surface area (Å²) in [5, 5.41) is 7.38. The van der Waals surface area contributed by atoms with Crippen molar-refractivity contribution in [1.29, 1.82) is 0 Å². The first kappa shape index (κ1) is 9.44. The lowest BCUT2D eigenvalue weighted by atomic mass is 10.3. The summed E-state index contributed by atoms with van der Waals surface area (Å²) in [6, 6.07) is 3.46. The molecule has 0 fully saturated rings. The molecular formula is C8H12N4O. The van der Waals surface area contributed by atoms with Crippen LogP contribution in [0.5, 0.6) is 0 Å². The number of hydrogen-bond donors (Lipinski definition) is 2. The number of nitrogens with zero attached hydrogens (tertiary/aromatic N) is 2. The first-order valence-corrected chi connectivity index (χ1v) is 4.15. The van der Waals surface area contributed by atoms with Gasteiger partial charge in [-0.2, -0.15) is 5.10 Å². The monoisotopic (exact) mass is 180 g/mol. The van der Waals surface area contributed by atoms with Crippen molar-refractivity contribution in [2.75, 3.05) is 5.43 Å². The fraction of sp³-hybridized carbons (Fsp3) is 0.375. The standard InChI is InChI=1S/C8H12N4O/c1-2-4-8(13)12-11-7-5-3-6-9-10-7/h3,5-6H,2,4H2,1H3,(H,10,11)(H,12,13). The minimum Gasteiger partial charge on any atom is -0.280 e. The molecule has 5 nitrogen and oxygen atoms in total. The summed E-state index contributed by atoms with van der Waals surface area (Å²) in [6.45, 7) is 1.95. The third-order valence-corrected chi connectivity index (χ3v) is 1.38. The van der Waals surface area contributed by atoms with Crippen molar-refractivity contribution in [2.45, 2.75) is 19.8 Å². The minimum atomic E-state index is -0.0480. The molecule has 1 amide bonds. The largest absolute Gasteiger partial charge is 0.280 e. The van der Waals surface area contributed by atoms with Crippen LogP contribution >= 0.6 is 0 Å². The molecule has 0 bridgehead atoms. The van der Waals surface area contributed by atoms with Crippen LogP contribution in [0.15, 0.2) is 18.3 Å². The van der Waals surface area contributed by atoms with E-state index in [4.69, 9.17) is 0 Å². The van der Waals surface area contributed by atoms with Crippen LogP contribution in [0.1, 0.15) is 19.8 Å². The van der Waals surface area contributed by atoms with Crippen molar-refractivity contribution in [3.8, 4) is 0 Å². The van der Waals surface area contributed by atoms with Gasteiger partial charge in [-0.25, -0.2) is 0 Å². The van der Waals surface area contributed by atoms with Crippen LogP contribution in [0.2, 0.25) is 0 Å². The SMILES string of the molecule is CCCC(=O)NNc1cccnn1. The van der Waals surface area contributed by atoms with Crippen molar-refractivity contribution in [3.63, 3.8) is 0 Å². The van der Waals surface area contributed by atoms with Gasteiger partial charge in [0.05, 0.1) is 0 Å². The van der Waals surface area contributed by atoms with Gasteiger partial charge in [0.1, 0.15) is 0 Å². The van der Waals surface area contributed by atoms with E-state index in [0.29, 0.717) is 12.2 Å². The zero-order valence-corrected chi connectivity index (χ0v) is 7.45. The molecule has 1 aromatic rings. The highest BCUT2D eigenvalue weighted by molar-refractivity contribution is 5.76. The average Bonchev–Trinajstić information content (AvgIpc) is 2.17. The van der Waals surface area contributed by atoms with E-state index in [2.05, 4.69) is 21.0 Å². The fourth-order valence-electron chi connectivity index (χ4n) is 0.792. The molecule has 0 radical (unpaired) electrons. The van der Waals surface area contributed by atoms with Gasteiger partial charge >= 0.3 is 0 Å². The molecular weight excluding hydrogens is 168 g/mol. The lowest BCUT2D eigenvalue weighted by Gasteiger charge is -2.05. The van der Waals surface area contributed by atoms with Gasteiger partial charge in [0.2, 0.25) is 5.91 Å². The van der Waals surface area contributed by atoms with Crippen LogP contribution in [-0.2, 0) is 4.79 Å². The van der Waals surface area contributed by atoms with Gasteiger partial charge in [0.15, 0.2) is 5.82 Å². The summed E-state index contributed by atoms with van der Waals surface area (Å²) in [5.74, 6) is 0.486. The Labute approximate surface area is 76.5 Å². The smallest absolute Gasteiger partial charge is 0.238 e. The molecule has 13 heavy (non-hydrogen) atoms. The van der Waals surface area contributed by atoms with Crippen molar-refractivity contribution in [1.82, 2.24) is 15.6 Å². The number of nitrogens with one attached hydrogen (secondary N) is 2. The molecule has 70 valence electrons. The highest BCUT2D eigenvalue weighted by atomic mass is 16.2. The van der Waals surface area contributed by atoms with Crippen molar-refractivity contribution in [3.05, 3.63) is 18.3 Å². The summed E-state index contributed by atoms with van der Waals surface area (Å²) in [4.78, 5) is 11.0. The Bertz CT molecular complexity index is 262. The van der Waals surface area contributed by atoms with E-state index in [1.165, 1.54) is 0 Å². The topological polar surface area (TPSA) is 66.9 Å². The predicted octanol–water partition coefficient (Wildman–Crippen LogP) is 0.720. The maximum Gasteiger partial charge on any atom is 0.238 e. The van der Waals surface area contributed by atoms with Gasteiger partial charge < -0.3 is 0 Å². The first-order valence-electron chi connectivity index (χ1n) is 4.15. The molecule has 0 spiro atoms. The molecule has 0 aromatic carbocycles. The van der Waals surface area contributed by atoms with Gasteiger partial charge in [-0.1, -0.05) is 6.92 Å². The van der Waals surface area contributed by atoms with E-state index >= 15 is 0 Å². The van der Waals surface area contributed by atoms with E-state index in [-0.39, 0.29) is 5.91 Å². The Morgan fingerprint density at radius 1 is 1.62 bits per heavy atom. The van der Waals surface area contributed by atoms with E-state index in [1.54, 1.807) is 18.3 Å². The molecule has 0 unspecified atom stereocenters. The molecule has 1 aromatic heterocycles. The normalized spacial score (nSPS) is 9.31. The Morgan fingerprint density at radius 3 is 3.08 bits per heavy atom. The van der Waals surface area contributed by atoms with Crippen LogP contribution < -0.4 is 10.9 Å². The van der Waals surface area contributed by atoms with Gasteiger partial charge in [-0.05, 0) is 18.6 Å². The lowest BCUT2D eigenvalue weighted by molar-refractivity contribution is -0.120. The van der Waals surface area contributed by atoms with Crippen LogP contribution in [0, 0.1) is 0 Å². The molecule has 0 atom stereocenters. The number of carbonyl (C=O) groups is 1. The zero-order chi connectivity index (χ0) is 9.52. The highest BCUT2D eigenvalue weighted by Crippen LogP contribution is 1.95. The summed E-state index contributed by atoms with van der Waals surface area (Å²) < 4.78 is 0. The second-order valence-corrected chi connectivity index (χ2v) is 2.53. The third-order valence-electron chi connectivity index (χ3n) is 1.38.